The average Bonchev–Trinajstić information content (AvgIpc) is 2.17. The summed E-state index contributed by atoms with van der Waals surface area (Å²) < 4.78 is 12.5. The van der Waals surface area contributed by atoms with Crippen LogP contribution in [0.4, 0.5) is 10.2 Å². The molecular formula is C10H16FN3. The van der Waals surface area contributed by atoms with Crippen LogP contribution in [0.25, 0.3) is 0 Å². The van der Waals surface area contributed by atoms with Crippen LogP contribution in [0.3, 0.4) is 0 Å². The van der Waals surface area contributed by atoms with Gasteiger partial charge in [0.2, 0.25) is 0 Å². The Labute approximate surface area is 83.8 Å². The molecule has 0 aliphatic heterocycles. The number of hydrogen-bond acceptors (Lipinski definition) is 3. The summed E-state index contributed by atoms with van der Waals surface area (Å²) in [6.45, 7) is 5.17. The van der Waals surface area contributed by atoms with Crippen molar-refractivity contribution in [3.05, 3.63) is 18.1 Å². The number of nitrogens with one attached hydrogen (secondary N) is 1. The fourth-order valence-corrected chi connectivity index (χ4v) is 1.04. The number of rotatable bonds is 4. The Morgan fingerprint density at radius 2 is 2.14 bits per heavy atom. The van der Waals surface area contributed by atoms with Crippen molar-refractivity contribution in [2.45, 2.75) is 32.7 Å². The largest absolute Gasteiger partial charge is 0.362 e. The molecule has 1 aromatic heterocycles. The van der Waals surface area contributed by atoms with Gasteiger partial charge in [-0.3, -0.25) is 0 Å². The third-order valence-corrected chi connectivity index (χ3v) is 1.89. The van der Waals surface area contributed by atoms with Crippen LogP contribution >= 0.6 is 0 Å². The van der Waals surface area contributed by atoms with Gasteiger partial charge >= 0.3 is 0 Å². The van der Waals surface area contributed by atoms with Crippen molar-refractivity contribution in [3.8, 4) is 0 Å². The Hall–Kier alpha value is -1.19. The maximum atomic E-state index is 12.5. The topological polar surface area (TPSA) is 37.8 Å². The van der Waals surface area contributed by atoms with Crippen LogP contribution in [0, 0.1) is 0 Å². The van der Waals surface area contributed by atoms with Crippen molar-refractivity contribution in [2.24, 2.45) is 0 Å². The van der Waals surface area contributed by atoms with Gasteiger partial charge in [-0.1, -0.05) is 6.92 Å². The minimum atomic E-state index is -0.570. The SMILES string of the molecule is CCc1cc(NC(C)(C)CF)ncn1. The standard InChI is InChI=1S/C10H16FN3/c1-4-8-5-9(13-7-12-8)14-10(2,3)6-11/h5,7H,4,6H2,1-3H3,(H,12,13,14). The van der Waals surface area contributed by atoms with Crippen LogP contribution in [-0.4, -0.2) is 22.2 Å². The molecule has 1 rings (SSSR count). The normalized spacial score (nSPS) is 11.4. The fourth-order valence-electron chi connectivity index (χ4n) is 1.04. The Bertz CT molecular complexity index is 299. The summed E-state index contributed by atoms with van der Waals surface area (Å²) in [5.41, 5.74) is 0.386. The number of alkyl halides is 1. The lowest BCUT2D eigenvalue weighted by Crippen LogP contribution is -2.33. The molecule has 0 aliphatic carbocycles. The molecule has 3 nitrogen and oxygen atoms in total. The van der Waals surface area contributed by atoms with E-state index in [1.807, 2.05) is 13.0 Å². The molecule has 0 saturated carbocycles. The number of anilines is 1. The van der Waals surface area contributed by atoms with Crippen LogP contribution in [0.1, 0.15) is 26.5 Å². The molecule has 0 fully saturated rings. The van der Waals surface area contributed by atoms with Crippen LogP contribution < -0.4 is 5.32 Å². The zero-order valence-electron chi connectivity index (χ0n) is 8.84. The summed E-state index contributed by atoms with van der Waals surface area (Å²) in [6, 6.07) is 1.84. The first-order valence-corrected chi connectivity index (χ1v) is 4.72. The van der Waals surface area contributed by atoms with E-state index in [-0.39, 0.29) is 0 Å². The minimum absolute atomic E-state index is 0.432. The molecule has 4 heteroatoms. The number of halogens is 1. The van der Waals surface area contributed by atoms with Gasteiger partial charge in [0.05, 0.1) is 5.54 Å². The third-order valence-electron chi connectivity index (χ3n) is 1.89. The number of aryl methyl sites for hydroxylation is 1. The van der Waals surface area contributed by atoms with E-state index in [4.69, 9.17) is 0 Å². The number of aromatic nitrogens is 2. The van der Waals surface area contributed by atoms with E-state index >= 15 is 0 Å². The van der Waals surface area contributed by atoms with Gasteiger partial charge in [-0.05, 0) is 20.3 Å². The summed E-state index contributed by atoms with van der Waals surface area (Å²) in [4.78, 5) is 8.10. The first-order chi connectivity index (χ1) is 6.57. The highest BCUT2D eigenvalue weighted by Crippen LogP contribution is 2.13. The minimum Gasteiger partial charge on any atom is -0.362 e. The lowest BCUT2D eigenvalue weighted by molar-refractivity contribution is 0.374. The van der Waals surface area contributed by atoms with Crippen LogP contribution in [0.15, 0.2) is 12.4 Å². The first kappa shape index (κ1) is 10.9. The van der Waals surface area contributed by atoms with Gasteiger partial charge in [0.25, 0.3) is 0 Å². The van der Waals surface area contributed by atoms with E-state index in [9.17, 15) is 4.39 Å². The highest BCUT2D eigenvalue weighted by molar-refractivity contribution is 5.37. The van der Waals surface area contributed by atoms with E-state index in [0.29, 0.717) is 5.82 Å². The van der Waals surface area contributed by atoms with Gasteiger partial charge in [-0.2, -0.15) is 0 Å². The quantitative estimate of drug-likeness (QED) is 0.804. The number of hydrogen-bond donors (Lipinski definition) is 1. The molecule has 0 unspecified atom stereocenters. The van der Waals surface area contributed by atoms with E-state index in [2.05, 4.69) is 15.3 Å². The summed E-state index contributed by atoms with van der Waals surface area (Å²) in [7, 11) is 0. The van der Waals surface area contributed by atoms with E-state index < -0.39 is 12.2 Å². The average molecular weight is 197 g/mol. The van der Waals surface area contributed by atoms with Crippen molar-refractivity contribution < 1.29 is 4.39 Å². The highest BCUT2D eigenvalue weighted by atomic mass is 19.1. The molecule has 0 radical (unpaired) electrons. The smallest absolute Gasteiger partial charge is 0.130 e. The predicted molar refractivity (Wildman–Crippen MR) is 55.1 cm³/mol. The molecule has 1 heterocycles. The van der Waals surface area contributed by atoms with Gasteiger partial charge in [0, 0.05) is 11.8 Å². The van der Waals surface area contributed by atoms with Gasteiger partial charge in [0.15, 0.2) is 0 Å². The summed E-state index contributed by atoms with van der Waals surface area (Å²) in [5.74, 6) is 0.680. The van der Waals surface area contributed by atoms with Gasteiger partial charge < -0.3 is 5.32 Å². The van der Waals surface area contributed by atoms with Crippen molar-refractivity contribution in [3.63, 3.8) is 0 Å². The molecular weight excluding hydrogens is 181 g/mol. The highest BCUT2D eigenvalue weighted by Gasteiger charge is 2.17. The molecule has 0 amide bonds. The van der Waals surface area contributed by atoms with E-state index in [0.717, 1.165) is 12.1 Å². The second-order valence-electron chi connectivity index (χ2n) is 3.89. The fraction of sp³-hybridized carbons (Fsp3) is 0.600. The third kappa shape index (κ3) is 2.94. The van der Waals surface area contributed by atoms with Crippen molar-refractivity contribution in [1.82, 2.24) is 9.97 Å². The molecule has 78 valence electrons. The second kappa shape index (κ2) is 4.35. The molecule has 0 saturated heterocycles. The molecule has 0 aromatic carbocycles. The molecule has 1 aromatic rings. The lowest BCUT2D eigenvalue weighted by Gasteiger charge is -2.22. The summed E-state index contributed by atoms with van der Waals surface area (Å²) >= 11 is 0. The molecule has 14 heavy (non-hydrogen) atoms. The van der Waals surface area contributed by atoms with Crippen molar-refractivity contribution >= 4 is 5.82 Å². The lowest BCUT2D eigenvalue weighted by atomic mass is 10.1. The zero-order valence-corrected chi connectivity index (χ0v) is 8.84. The predicted octanol–water partition coefficient (Wildman–Crippen LogP) is 2.20. The second-order valence-corrected chi connectivity index (χ2v) is 3.89. The molecule has 0 atom stereocenters. The van der Waals surface area contributed by atoms with E-state index in [1.54, 1.807) is 13.8 Å². The Morgan fingerprint density at radius 3 is 2.71 bits per heavy atom. The van der Waals surface area contributed by atoms with Gasteiger partial charge in [-0.15, -0.1) is 0 Å². The summed E-state index contributed by atoms with van der Waals surface area (Å²) in [6.07, 6.45) is 2.35. The Morgan fingerprint density at radius 1 is 1.43 bits per heavy atom. The van der Waals surface area contributed by atoms with Crippen LogP contribution in [0.5, 0.6) is 0 Å². The monoisotopic (exact) mass is 197 g/mol. The molecule has 0 bridgehead atoms. The molecule has 0 spiro atoms. The van der Waals surface area contributed by atoms with Gasteiger partial charge in [0.1, 0.15) is 18.8 Å². The Balaban J connectivity index is 2.76. The molecule has 0 aliphatic rings. The van der Waals surface area contributed by atoms with Crippen LogP contribution in [-0.2, 0) is 6.42 Å². The number of nitrogens with zero attached hydrogens (tertiary/aromatic N) is 2. The summed E-state index contributed by atoms with van der Waals surface area (Å²) in [5, 5.41) is 3.02. The Kier molecular flexibility index (Phi) is 3.38. The van der Waals surface area contributed by atoms with Gasteiger partial charge in [-0.25, -0.2) is 14.4 Å². The maximum Gasteiger partial charge on any atom is 0.130 e. The zero-order chi connectivity index (χ0) is 10.6. The van der Waals surface area contributed by atoms with Crippen LogP contribution in [0.2, 0.25) is 0 Å². The van der Waals surface area contributed by atoms with Crippen molar-refractivity contribution in [2.75, 3.05) is 12.0 Å². The molecule has 1 N–H and O–H groups in total. The maximum absolute atomic E-state index is 12.5. The first-order valence-electron chi connectivity index (χ1n) is 4.72. The van der Waals surface area contributed by atoms with Crippen molar-refractivity contribution in [1.29, 1.82) is 0 Å². The van der Waals surface area contributed by atoms with E-state index in [1.165, 1.54) is 6.33 Å².